The van der Waals surface area contributed by atoms with Gasteiger partial charge >= 0.3 is 6.09 Å². The molecule has 41 heavy (non-hydrogen) atoms. The molecule has 0 unspecified atom stereocenters. The number of aryl methyl sites for hydroxylation is 1. The number of H-pyrrole nitrogens is 1. The minimum atomic E-state index is -1.17. The number of amides is 3. The molecule has 3 heterocycles. The summed E-state index contributed by atoms with van der Waals surface area (Å²) < 4.78 is 1.42. The number of hydrogen-bond donors (Lipinski definition) is 3. The fraction of sp³-hybridized carbons (Fsp3) is 0.464. The molecule has 0 saturated carbocycles. The number of allylic oxidation sites excluding steroid dienone is 1. The molecule has 13 nitrogen and oxygen atoms in total. The predicted molar refractivity (Wildman–Crippen MR) is 154 cm³/mol. The van der Waals surface area contributed by atoms with Gasteiger partial charge in [0.05, 0.1) is 18.2 Å². The third-order valence-corrected chi connectivity index (χ3v) is 6.55. The van der Waals surface area contributed by atoms with Crippen molar-refractivity contribution in [1.29, 1.82) is 0 Å². The molecule has 0 fully saturated rings. The van der Waals surface area contributed by atoms with Crippen LogP contribution in [0.2, 0.25) is 0 Å². The van der Waals surface area contributed by atoms with E-state index in [-0.39, 0.29) is 31.1 Å². The molecule has 0 saturated heterocycles. The number of carbonyl (C=O) groups excluding carboxylic acids is 2. The van der Waals surface area contributed by atoms with Crippen LogP contribution in [0.1, 0.15) is 44.6 Å². The number of aromatic amines is 1. The lowest BCUT2D eigenvalue weighted by molar-refractivity contribution is -0.123. The average molecular weight is 567 g/mol. The molecule has 3 aromatic heterocycles. The van der Waals surface area contributed by atoms with E-state index in [0.717, 1.165) is 29.0 Å². The zero-order chi connectivity index (χ0) is 30.1. The third kappa shape index (κ3) is 8.72. The van der Waals surface area contributed by atoms with Crippen LogP contribution in [-0.4, -0.2) is 85.0 Å². The third-order valence-electron chi connectivity index (χ3n) is 6.55. The normalized spacial score (nSPS) is 12.1. The van der Waals surface area contributed by atoms with Crippen LogP contribution in [0.4, 0.5) is 10.5 Å². The zero-order valence-electron chi connectivity index (χ0n) is 24.1. The highest BCUT2D eigenvalue weighted by Crippen LogP contribution is 2.17. The fourth-order valence-corrected chi connectivity index (χ4v) is 4.11. The van der Waals surface area contributed by atoms with Crippen LogP contribution in [0.3, 0.4) is 0 Å². The van der Waals surface area contributed by atoms with Crippen LogP contribution < -0.4 is 10.9 Å². The second-order valence-corrected chi connectivity index (χ2v) is 10.6. The number of likely N-dealkylation sites (N-methyl/N-ethyl adjacent to an activating group) is 1. The molecule has 0 bridgehead atoms. The quantitative estimate of drug-likeness (QED) is 0.266. The lowest BCUT2D eigenvalue weighted by Gasteiger charge is -2.21. The number of pyridine rings is 1. The number of imidazole rings is 1. The van der Waals surface area contributed by atoms with E-state index in [1.807, 2.05) is 0 Å². The minimum absolute atomic E-state index is 0.0623. The molecule has 0 aromatic carbocycles. The first kappa shape index (κ1) is 31.0. The maximum absolute atomic E-state index is 13.2. The van der Waals surface area contributed by atoms with Gasteiger partial charge in [0.25, 0.3) is 5.56 Å². The highest BCUT2D eigenvalue weighted by Gasteiger charge is 2.23. The highest BCUT2D eigenvalue weighted by atomic mass is 16.4. The van der Waals surface area contributed by atoms with Crippen LogP contribution >= 0.6 is 0 Å². The summed E-state index contributed by atoms with van der Waals surface area (Å²) in [4.78, 5) is 68.4. The lowest BCUT2D eigenvalue weighted by Crippen LogP contribution is -2.37. The maximum Gasteiger partial charge on any atom is 0.407 e. The second kappa shape index (κ2) is 14.2. The van der Waals surface area contributed by atoms with Crippen molar-refractivity contribution in [1.82, 2.24) is 34.3 Å². The van der Waals surface area contributed by atoms with Gasteiger partial charge in [-0.3, -0.25) is 14.4 Å². The van der Waals surface area contributed by atoms with E-state index in [0.29, 0.717) is 23.8 Å². The first-order valence-corrected chi connectivity index (χ1v) is 13.5. The van der Waals surface area contributed by atoms with Gasteiger partial charge in [0.1, 0.15) is 23.4 Å². The van der Waals surface area contributed by atoms with Gasteiger partial charge in [-0.1, -0.05) is 19.9 Å². The lowest BCUT2D eigenvalue weighted by atomic mass is 10.0. The average Bonchev–Trinajstić information content (AvgIpc) is 3.34. The molecule has 0 spiro atoms. The van der Waals surface area contributed by atoms with Gasteiger partial charge in [-0.15, -0.1) is 0 Å². The molecule has 1 atom stereocenters. The minimum Gasteiger partial charge on any atom is -0.465 e. The molecular weight excluding hydrogens is 528 g/mol. The highest BCUT2D eigenvalue weighted by molar-refractivity contribution is 5.92. The Bertz CT molecular complexity index is 1460. The fourth-order valence-electron chi connectivity index (χ4n) is 4.11. The van der Waals surface area contributed by atoms with Crippen molar-refractivity contribution < 1.29 is 19.5 Å². The number of nitrogens with zero attached hydrogens (tertiary/aromatic N) is 6. The van der Waals surface area contributed by atoms with Crippen molar-refractivity contribution in [2.45, 2.75) is 46.1 Å². The van der Waals surface area contributed by atoms with Gasteiger partial charge in [0.15, 0.2) is 5.65 Å². The standard InChI is InChI=1S/C28H38N8O5/c1-18(2)12-13-20-24-25(30-17-29-20)33-22(32-24)16-36-14-8-10-21(27(36)39)31-26(38)19(15-35(5)28(40)41)9-6-7-11-23(37)34(3)4/h7-8,10-11,14,17-19H,6,9,12-13,15-16H2,1-5H3,(H,31,38)(H,40,41)(H,29,30,32,33)/b11-7+/t19-/m0/s1. The molecule has 220 valence electrons. The Balaban J connectivity index is 1.76. The van der Waals surface area contributed by atoms with Crippen molar-refractivity contribution in [3.63, 3.8) is 0 Å². The van der Waals surface area contributed by atoms with Crippen molar-refractivity contribution in [3.05, 3.63) is 58.7 Å². The first-order chi connectivity index (χ1) is 19.5. The SMILES string of the molecule is CC(C)CCc1ncnc2nc(Cn3cccc(NC(=O)[C@@H](CC/C=C/C(=O)N(C)C)CN(C)C(=O)O)c3=O)[nH]c12. The monoisotopic (exact) mass is 566 g/mol. The maximum atomic E-state index is 13.2. The van der Waals surface area contributed by atoms with E-state index in [1.165, 1.54) is 35.0 Å². The second-order valence-electron chi connectivity index (χ2n) is 10.6. The van der Waals surface area contributed by atoms with Gasteiger partial charge in [-0.2, -0.15) is 0 Å². The summed E-state index contributed by atoms with van der Waals surface area (Å²) in [6, 6.07) is 3.14. The molecule has 3 N–H and O–H groups in total. The number of hydrogen-bond acceptors (Lipinski definition) is 7. The van der Waals surface area contributed by atoms with Crippen molar-refractivity contribution in [3.8, 4) is 0 Å². The van der Waals surface area contributed by atoms with Crippen molar-refractivity contribution in [2.75, 3.05) is 33.0 Å². The Morgan fingerprint density at radius 1 is 1.17 bits per heavy atom. The molecule has 13 heteroatoms. The Labute approximate surface area is 238 Å². The van der Waals surface area contributed by atoms with E-state index in [9.17, 15) is 24.3 Å². The van der Waals surface area contributed by atoms with Gasteiger partial charge < -0.3 is 29.8 Å². The van der Waals surface area contributed by atoms with E-state index < -0.39 is 23.5 Å². The van der Waals surface area contributed by atoms with Crippen LogP contribution in [0.15, 0.2) is 41.6 Å². The van der Waals surface area contributed by atoms with Crippen molar-refractivity contribution in [2.24, 2.45) is 11.8 Å². The summed E-state index contributed by atoms with van der Waals surface area (Å²) in [5, 5.41) is 12.0. The number of nitrogens with one attached hydrogen (secondary N) is 2. The molecule has 0 aliphatic carbocycles. The molecule has 3 amide bonds. The number of carboxylic acid groups (broad SMARTS) is 1. The Hall–Kier alpha value is -4.55. The van der Waals surface area contributed by atoms with Gasteiger partial charge in [-0.25, -0.2) is 19.7 Å². The smallest absolute Gasteiger partial charge is 0.407 e. The number of carbonyl (C=O) groups is 3. The molecule has 0 radical (unpaired) electrons. The van der Waals surface area contributed by atoms with Crippen LogP contribution in [-0.2, 0) is 22.6 Å². The number of aromatic nitrogens is 5. The van der Waals surface area contributed by atoms with Gasteiger partial charge in [0.2, 0.25) is 11.8 Å². The van der Waals surface area contributed by atoms with Crippen LogP contribution in [0, 0.1) is 11.8 Å². The Kier molecular flexibility index (Phi) is 10.7. The van der Waals surface area contributed by atoms with Crippen LogP contribution in [0.5, 0.6) is 0 Å². The van der Waals surface area contributed by atoms with E-state index in [4.69, 9.17) is 0 Å². The molecular formula is C28H38N8O5. The van der Waals surface area contributed by atoms with E-state index in [1.54, 1.807) is 32.4 Å². The number of fused-ring (bicyclic) bond motifs is 1. The largest absolute Gasteiger partial charge is 0.465 e. The Morgan fingerprint density at radius 2 is 1.93 bits per heavy atom. The molecule has 3 rings (SSSR count). The summed E-state index contributed by atoms with van der Waals surface area (Å²) >= 11 is 0. The molecule has 0 aliphatic heterocycles. The van der Waals surface area contributed by atoms with E-state index in [2.05, 4.69) is 39.1 Å². The summed E-state index contributed by atoms with van der Waals surface area (Å²) in [6.07, 6.45) is 7.35. The summed E-state index contributed by atoms with van der Waals surface area (Å²) in [5.74, 6) is -0.388. The predicted octanol–water partition coefficient (Wildman–Crippen LogP) is 2.74. The van der Waals surface area contributed by atoms with Crippen LogP contribution in [0.25, 0.3) is 11.2 Å². The van der Waals surface area contributed by atoms with Gasteiger partial charge in [-0.05, 0) is 49.8 Å². The summed E-state index contributed by atoms with van der Waals surface area (Å²) in [5.41, 5.74) is 1.76. The Morgan fingerprint density at radius 3 is 2.61 bits per heavy atom. The molecule has 3 aromatic rings. The van der Waals surface area contributed by atoms with Gasteiger partial charge in [0, 0.05) is 33.9 Å². The zero-order valence-corrected chi connectivity index (χ0v) is 24.1. The first-order valence-electron chi connectivity index (χ1n) is 13.5. The topological polar surface area (TPSA) is 166 Å². The number of anilines is 1. The molecule has 0 aliphatic rings. The van der Waals surface area contributed by atoms with Crippen molar-refractivity contribution >= 4 is 34.8 Å². The summed E-state index contributed by atoms with van der Waals surface area (Å²) in [7, 11) is 4.63. The van der Waals surface area contributed by atoms with E-state index >= 15 is 0 Å². The number of rotatable bonds is 13. The summed E-state index contributed by atoms with van der Waals surface area (Å²) in [6.45, 7) is 4.34.